The van der Waals surface area contributed by atoms with Crippen LogP contribution in [0.2, 0.25) is 0 Å². The normalized spacial score (nSPS) is 16.6. The fourth-order valence-electron chi connectivity index (χ4n) is 1.72. The van der Waals surface area contributed by atoms with E-state index in [0.717, 1.165) is 5.69 Å². The van der Waals surface area contributed by atoms with Crippen LogP contribution in [0.15, 0.2) is 24.3 Å². The van der Waals surface area contributed by atoms with Crippen molar-refractivity contribution < 1.29 is 4.79 Å². The molecule has 1 atom stereocenters. The van der Waals surface area contributed by atoms with Crippen LogP contribution in [0.3, 0.4) is 0 Å². The van der Waals surface area contributed by atoms with Crippen LogP contribution >= 0.6 is 0 Å². The average molecular weight is 218 g/mol. The summed E-state index contributed by atoms with van der Waals surface area (Å²) < 4.78 is 0. The van der Waals surface area contributed by atoms with Crippen LogP contribution in [-0.4, -0.2) is 12.1 Å². The predicted octanol–water partition coefficient (Wildman–Crippen LogP) is 2.92. The number of benzene rings is 1. The Balaban J connectivity index is 1.84. The molecule has 1 aliphatic rings. The second kappa shape index (κ2) is 4.56. The lowest BCUT2D eigenvalue weighted by molar-refractivity contribution is 0.248. The number of hydrogen-bond donors (Lipinski definition) is 2. The summed E-state index contributed by atoms with van der Waals surface area (Å²) in [5.74, 6) is 0.684. The molecular formula is C13H18N2O. The van der Waals surface area contributed by atoms with Crippen LogP contribution in [0.25, 0.3) is 0 Å². The quantitative estimate of drug-likeness (QED) is 0.804. The molecule has 1 aliphatic carbocycles. The summed E-state index contributed by atoms with van der Waals surface area (Å²) in [5, 5.41) is 5.79. The van der Waals surface area contributed by atoms with Gasteiger partial charge in [-0.25, -0.2) is 4.79 Å². The maximum Gasteiger partial charge on any atom is 0.319 e. The van der Waals surface area contributed by atoms with Crippen molar-refractivity contribution in [2.24, 2.45) is 5.92 Å². The van der Waals surface area contributed by atoms with Gasteiger partial charge in [-0.2, -0.15) is 0 Å². The number of aryl methyl sites for hydroxylation is 1. The molecule has 2 rings (SSSR count). The third-order valence-corrected chi connectivity index (χ3v) is 3.00. The Hall–Kier alpha value is -1.51. The molecule has 0 saturated heterocycles. The number of hydrogen-bond acceptors (Lipinski definition) is 1. The van der Waals surface area contributed by atoms with E-state index in [4.69, 9.17) is 0 Å². The van der Waals surface area contributed by atoms with Crippen molar-refractivity contribution in [2.75, 3.05) is 5.32 Å². The van der Waals surface area contributed by atoms with Gasteiger partial charge in [0.15, 0.2) is 0 Å². The molecule has 0 unspecified atom stereocenters. The van der Waals surface area contributed by atoms with Crippen molar-refractivity contribution in [1.29, 1.82) is 0 Å². The van der Waals surface area contributed by atoms with Crippen molar-refractivity contribution >= 4 is 11.7 Å². The third kappa shape index (κ3) is 2.99. The van der Waals surface area contributed by atoms with Crippen molar-refractivity contribution in [3.63, 3.8) is 0 Å². The number of anilines is 1. The van der Waals surface area contributed by atoms with Crippen LogP contribution in [0.5, 0.6) is 0 Å². The van der Waals surface area contributed by atoms with E-state index in [-0.39, 0.29) is 12.1 Å². The minimum absolute atomic E-state index is 0.108. The van der Waals surface area contributed by atoms with Gasteiger partial charge in [0.1, 0.15) is 0 Å². The Morgan fingerprint density at radius 3 is 2.50 bits per heavy atom. The van der Waals surface area contributed by atoms with Gasteiger partial charge in [0.25, 0.3) is 0 Å². The first kappa shape index (κ1) is 11.0. The van der Waals surface area contributed by atoms with Crippen LogP contribution < -0.4 is 10.6 Å². The van der Waals surface area contributed by atoms with Crippen LogP contribution in [0.1, 0.15) is 25.3 Å². The zero-order chi connectivity index (χ0) is 11.5. The van der Waals surface area contributed by atoms with Crippen molar-refractivity contribution in [1.82, 2.24) is 5.32 Å². The second-order valence-electron chi connectivity index (χ2n) is 4.59. The maximum absolute atomic E-state index is 11.6. The molecule has 1 aromatic carbocycles. The molecule has 0 heterocycles. The minimum atomic E-state index is -0.108. The van der Waals surface area contributed by atoms with Gasteiger partial charge in [-0.3, -0.25) is 0 Å². The number of urea groups is 1. The number of carbonyl (C=O) groups is 1. The highest BCUT2D eigenvalue weighted by molar-refractivity contribution is 5.89. The molecule has 1 aromatic rings. The summed E-state index contributed by atoms with van der Waals surface area (Å²) in [7, 11) is 0. The largest absolute Gasteiger partial charge is 0.335 e. The van der Waals surface area contributed by atoms with Gasteiger partial charge in [0.2, 0.25) is 0 Å². The maximum atomic E-state index is 11.6. The first-order valence-electron chi connectivity index (χ1n) is 5.79. The topological polar surface area (TPSA) is 41.1 Å². The van der Waals surface area contributed by atoms with E-state index in [2.05, 4.69) is 17.6 Å². The molecule has 3 heteroatoms. The lowest BCUT2D eigenvalue weighted by atomic mass is 10.2. The Bertz CT molecular complexity index is 368. The molecular weight excluding hydrogens is 200 g/mol. The molecule has 0 bridgehead atoms. The zero-order valence-corrected chi connectivity index (χ0v) is 9.79. The van der Waals surface area contributed by atoms with Crippen molar-refractivity contribution in [2.45, 2.75) is 32.7 Å². The summed E-state index contributed by atoms with van der Waals surface area (Å²) in [6, 6.07) is 7.97. The number of rotatable bonds is 3. The zero-order valence-electron chi connectivity index (χ0n) is 9.79. The van der Waals surface area contributed by atoms with Gasteiger partial charge in [0.05, 0.1) is 0 Å². The first-order chi connectivity index (χ1) is 7.65. The lowest BCUT2D eigenvalue weighted by Gasteiger charge is -2.13. The van der Waals surface area contributed by atoms with Gasteiger partial charge in [-0.15, -0.1) is 0 Å². The predicted molar refractivity (Wildman–Crippen MR) is 65.5 cm³/mol. The van der Waals surface area contributed by atoms with E-state index in [1.807, 2.05) is 31.2 Å². The van der Waals surface area contributed by atoms with E-state index in [1.54, 1.807) is 0 Å². The van der Waals surface area contributed by atoms with Gasteiger partial charge in [0, 0.05) is 11.7 Å². The van der Waals surface area contributed by atoms with Gasteiger partial charge >= 0.3 is 6.03 Å². The SMILES string of the molecule is Cc1ccc(NC(=O)N[C@@H](C)C2CC2)cc1. The van der Waals surface area contributed by atoms with Gasteiger partial charge < -0.3 is 10.6 Å². The highest BCUT2D eigenvalue weighted by Crippen LogP contribution is 2.32. The molecule has 1 fully saturated rings. The van der Waals surface area contributed by atoms with E-state index in [1.165, 1.54) is 18.4 Å². The van der Waals surface area contributed by atoms with Gasteiger partial charge in [-0.1, -0.05) is 17.7 Å². The van der Waals surface area contributed by atoms with E-state index in [9.17, 15) is 4.79 Å². The fourth-order valence-corrected chi connectivity index (χ4v) is 1.72. The monoisotopic (exact) mass is 218 g/mol. The third-order valence-electron chi connectivity index (χ3n) is 3.00. The second-order valence-corrected chi connectivity index (χ2v) is 4.59. The number of nitrogens with one attached hydrogen (secondary N) is 2. The molecule has 0 spiro atoms. The number of carbonyl (C=O) groups excluding carboxylic acids is 1. The van der Waals surface area contributed by atoms with Crippen molar-refractivity contribution in [3.8, 4) is 0 Å². The Morgan fingerprint density at radius 1 is 1.31 bits per heavy atom. The van der Waals surface area contributed by atoms with E-state index < -0.39 is 0 Å². The average Bonchev–Trinajstić information content (AvgIpc) is 3.04. The highest BCUT2D eigenvalue weighted by Gasteiger charge is 2.28. The molecule has 0 aliphatic heterocycles. The molecule has 2 N–H and O–H groups in total. The summed E-state index contributed by atoms with van der Waals surface area (Å²) >= 11 is 0. The van der Waals surface area contributed by atoms with Crippen LogP contribution in [-0.2, 0) is 0 Å². The molecule has 86 valence electrons. The first-order valence-corrected chi connectivity index (χ1v) is 5.79. The molecule has 0 aromatic heterocycles. The molecule has 0 radical (unpaired) electrons. The Morgan fingerprint density at radius 2 is 1.94 bits per heavy atom. The Kier molecular flexibility index (Phi) is 3.13. The highest BCUT2D eigenvalue weighted by atomic mass is 16.2. The Labute approximate surface area is 96.2 Å². The standard InChI is InChI=1S/C13H18N2O/c1-9-3-7-12(8-4-9)15-13(16)14-10(2)11-5-6-11/h3-4,7-8,10-11H,5-6H2,1-2H3,(H2,14,15,16)/t10-/m0/s1. The smallest absolute Gasteiger partial charge is 0.319 e. The van der Waals surface area contributed by atoms with Crippen LogP contribution in [0.4, 0.5) is 10.5 Å². The van der Waals surface area contributed by atoms with Crippen molar-refractivity contribution in [3.05, 3.63) is 29.8 Å². The van der Waals surface area contributed by atoms with E-state index >= 15 is 0 Å². The summed E-state index contributed by atoms with van der Waals surface area (Å²) in [6.07, 6.45) is 2.48. The minimum Gasteiger partial charge on any atom is -0.335 e. The van der Waals surface area contributed by atoms with Crippen LogP contribution in [0, 0.1) is 12.8 Å². The summed E-state index contributed by atoms with van der Waals surface area (Å²) in [6.45, 7) is 4.09. The summed E-state index contributed by atoms with van der Waals surface area (Å²) in [5.41, 5.74) is 2.03. The molecule has 2 amide bonds. The fraction of sp³-hybridized carbons (Fsp3) is 0.462. The number of amides is 2. The molecule has 3 nitrogen and oxygen atoms in total. The molecule has 1 saturated carbocycles. The van der Waals surface area contributed by atoms with E-state index in [0.29, 0.717) is 5.92 Å². The van der Waals surface area contributed by atoms with Gasteiger partial charge in [-0.05, 0) is 44.7 Å². The summed E-state index contributed by atoms with van der Waals surface area (Å²) in [4.78, 5) is 11.6. The lowest BCUT2D eigenvalue weighted by Crippen LogP contribution is -2.37. The molecule has 16 heavy (non-hydrogen) atoms.